The molecule has 0 aliphatic carbocycles. The Morgan fingerprint density at radius 1 is 1.07 bits per heavy atom. The van der Waals surface area contributed by atoms with E-state index in [2.05, 4.69) is 22.9 Å². The van der Waals surface area contributed by atoms with Crippen molar-refractivity contribution in [3.05, 3.63) is 48.2 Å². The van der Waals surface area contributed by atoms with Gasteiger partial charge in [0.05, 0.1) is 18.1 Å². The van der Waals surface area contributed by atoms with Gasteiger partial charge in [-0.15, -0.1) is 0 Å². The minimum atomic E-state index is -0.172. The van der Waals surface area contributed by atoms with E-state index in [0.717, 1.165) is 49.7 Å². The van der Waals surface area contributed by atoms with Crippen LogP contribution in [0.5, 0.6) is 11.5 Å². The lowest BCUT2D eigenvalue weighted by molar-refractivity contribution is -0.150. The van der Waals surface area contributed by atoms with Gasteiger partial charge >= 0.3 is 5.97 Å². The summed E-state index contributed by atoms with van der Waals surface area (Å²) in [5.74, 6) is 2.10. The first-order valence-electron chi connectivity index (χ1n) is 10.3. The molecule has 0 bridgehead atoms. The molecule has 2 heterocycles. The molecular formula is C23H27N3O4. The Morgan fingerprint density at radius 2 is 1.73 bits per heavy atom. The third-order valence-corrected chi connectivity index (χ3v) is 4.92. The Labute approximate surface area is 177 Å². The molecule has 2 aromatic rings. The molecule has 0 amide bonds. The Balaban J connectivity index is 1.34. The van der Waals surface area contributed by atoms with Gasteiger partial charge < -0.3 is 19.1 Å². The van der Waals surface area contributed by atoms with Crippen LogP contribution in [0.4, 0.5) is 5.82 Å². The number of anilines is 1. The van der Waals surface area contributed by atoms with Gasteiger partial charge in [0.25, 0.3) is 0 Å². The Bertz CT molecular complexity index is 838. The van der Waals surface area contributed by atoms with E-state index < -0.39 is 0 Å². The molecule has 0 N–H and O–H groups in total. The fourth-order valence-corrected chi connectivity index (χ4v) is 3.26. The predicted octanol–water partition coefficient (Wildman–Crippen LogP) is 3.58. The molecule has 158 valence electrons. The highest BCUT2D eigenvalue weighted by atomic mass is 16.6. The highest BCUT2D eigenvalue weighted by Crippen LogP contribution is 2.23. The molecule has 0 saturated carbocycles. The average Bonchev–Trinajstić information content (AvgIpc) is 2.81. The topological polar surface area (TPSA) is 84.7 Å². The van der Waals surface area contributed by atoms with Crippen LogP contribution in [0.25, 0.3) is 0 Å². The van der Waals surface area contributed by atoms with Gasteiger partial charge in [-0.2, -0.15) is 5.26 Å². The third-order valence-electron chi connectivity index (χ3n) is 4.92. The summed E-state index contributed by atoms with van der Waals surface area (Å²) < 4.78 is 16.6. The van der Waals surface area contributed by atoms with Gasteiger partial charge in [0.1, 0.15) is 36.6 Å². The second-order valence-electron chi connectivity index (χ2n) is 7.11. The number of pyridine rings is 1. The standard InChI is InChI=1S/C23H27N3O4/c1-2-13-28-20-4-6-21(7-5-20)29-14-15-30-23(27)19-9-11-26(12-10-19)22-8-3-18(16-24)17-25-22/h3-8,17,19H,2,9-15H2,1H3. The van der Waals surface area contributed by atoms with E-state index >= 15 is 0 Å². The van der Waals surface area contributed by atoms with Crippen LogP contribution in [0.15, 0.2) is 42.6 Å². The first-order chi connectivity index (χ1) is 14.7. The molecule has 1 aliphatic rings. The number of rotatable bonds is 9. The number of hydrogen-bond donors (Lipinski definition) is 0. The molecule has 1 aliphatic heterocycles. The third kappa shape index (κ3) is 6.11. The number of benzene rings is 1. The molecule has 0 unspecified atom stereocenters. The zero-order valence-corrected chi connectivity index (χ0v) is 17.3. The van der Waals surface area contributed by atoms with Gasteiger partial charge in [0.2, 0.25) is 0 Å². The van der Waals surface area contributed by atoms with E-state index in [1.807, 2.05) is 30.3 Å². The summed E-state index contributed by atoms with van der Waals surface area (Å²) in [6.45, 7) is 4.77. The van der Waals surface area contributed by atoms with Gasteiger partial charge in [-0.05, 0) is 55.7 Å². The van der Waals surface area contributed by atoms with E-state index in [0.29, 0.717) is 18.8 Å². The van der Waals surface area contributed by atoms with Gasteiger partial charge in [-0.1, -0.05) is 6.92 Å². The number of esters is 1. The van der Waals surface area contributed by atoms with Crippen molar-refractivity contribution >= 4 is 11.8 Å². The molecular weight excluding hydrogens is 382 g/mol. The van der Waals surface area contributed by atoms with Crippen molar-refractivity contribution < 1.29 is 19.0 Å². The molecule has 1 aromatic heterocycles. The normalized spacial score (nSPS) is 14.1. The van der Waals surface area contributed by atoms with Crippen LogP contribution in [0, 0.1) is 17.2 Å². The summed E-state index contributed by atoms with van der Waals surface area (Å²) in [6.07, 6.45) is 3.98. The summed E-state index contributed by atoms with van der Waals surface area (Å²) in [4.78, 5) is 18.8. The average molecular weight is 409 g/mol. The van der Waals surface area contributed by atoms with E-state index in [1.54, 1.807) is 12.3 Å². The van der Waals surface area contributed by atoms with Crippen LogP contribution < -0.4 is 14.4 Å². The van der Waals surface area contributed by atoms with Crippen LogP contribution in [0.1, 0.15) is 31.7 Å². The van der Waals surface area contributed by atoms with Gasteiger partial charge in [-0.25, -0.2) is 4.98 Å². The zero-order chi connectivity index (χ0) is 21.2. The maximum Gasteiger partial charge on any atom is 0.309 e. The highest BCUT2D eigenvalue weighted by molar-refractivity contribution is 5.72. The number of carbonyl (C=O) groups excluding carboxylic acids is 1. The van der Waals surface area contributed by atoms with Gasteiger partial charge in [0, 0.05) is 19.3 Å². The number of piperidine rings is 1. The number of aromatic nitrogens is 1. The lowest BCUT2D eigenvalue weighted by atomic mass is 9.97. The largest absolute Gasteiger partial charge is 0.494 e. The van der Waals surface area contributed by atoms with E-state index in [-0.39, 0.29) is 18.5 Å². The fraction of sp³-hybridized carbons (Fsp3) is 0.435. The maximum absolute atomic E-state index is 12.3. The molecule has 7 heteroatoms. The molecule has 1 fully saturated rings. The summed E-state index contributed by atoms with van der Waals surface area (Å²) in [5.41, 5.74) is 0.542. The number of nitriles is 1. The zero-order valence-electron chi connectivity index (χ0n) is 17.3. The lowest BCUT2D eigenvalue weighted by Crippen LogP contribution is -2.37. The second kappa shape index (κ2) is 11.1. The van der Waals surface area contributed by atoms with Crippen molar-refractivity contribution in [1.82, 2.24) is 4.98 Å². The summed E-state index contributed by atoms with van der Waals surface area (Å²) in [6, 6.07) is 13.1. The Hall–Kier alpha value is -3.27. The SMILES string of the molecule is CCCOc1ccc(OCCOC(=O)C2CCN(c3ccc(C#N)cn3)CC2)cc1. The van der Waals surface area contributed by atoms with Crippen LogP contribution in [0.2, 0.25) is 0 Å². The number of nitrogens with zero attached hydrogens (tertiary/aromatic N) is 3. The smallest absolute Gasteiger partial charge is 0.309 e. The lowest BCUT2D eigenvalue weighted by Gasteiger charge is -2.31. The molecule has 1 saturated heterocycles. The number of hydrogen-bond acceptors (Lipinski definition) is 7. The van der Waals surface area contributed by atoms with Gasteiger partial charge in [0.15, 0.2) is 0 Å². The molecule has 0 spiro atoms. The minimum Gasteiger partial charge on any atom is -0.494 e. The highest BCUT2D eigenvalue weighted by Gasteiger charge is 2.26. The molecule has 0 atom stereocenters. The number of ether oxygens (including phenoxy) is 3. The first-order valence-corrected chi connectivity index (χ1v) is 10.3. The van der Waals surface area contributed by atoms with Crippen molar-refractivity contribution in [2.45, 2.75) is 26.2 Å². The van der Waals surface area contributed by atoms with Crippen molar-refractivity contribution in [3.8, 4) is 17.6 Å². The maximum atomic E-state index is 12.3. The van der Waals surface area contributed by atoms with Crippen molar-refractivity contribution in [1.29, 1.82) is 5.26 Å². The van der Waals surface area contributed by atoms with Crippen molar-refractivity contribution in [2.24, 2.45) is 5.92 Å². The predicted molar refractivity (Wildman–Crippen MR) is 113 cm³/mol. The van der Waals surface area contributed by atoms with E-state index in [1.165, 1.54) is 0 Å². The monoisotopic (exact) mass is 409 g/mol. The minimum absolute atomic E-state index is 0.102. The molecule has 0 radical (unpaired) electrons. The first kappa shape index (κ1) is 21.4. The van der Waals surface area contributed by atoms with Crippen LogP contribution >= 0.6 is 0 Å². The van der Waals surface area contributed by atoms with Crippen LogP contribution in [0.3, 0.4) is 0 Å². The van der Waals surface area contributed by atoms with Crippen molar-refractivity contribution in [3.63, 3.8) is 0 Å². The summed E-state index contributed by atoms with van der Waals surface area (Å²) >= 11 is 0. The molecule has 1 aromatic carbocycles. The fourth-order valence-electron chi connectivity index (χ4n) is 3.26. The van der Waals surface area contributed by atoms with Crippen LogP contribution in [-0.4, -0.2) is 43.9 Å². The van der Waals surface area contributed by atoms with Crippen LogP contribution in [-0.2, 0) is 9.53 Å². The second-order valence-corrected chi connectivity index (χ2v) is 7.11. The Morgan fingerprint density at radius 3 is 2.30 bits per heavy atom. The van der Waals surface area contributed by atoms with Crippen molar-refractivity contribution in [2.75, 3.05) is 37.8 Å². The molecule has 7 nitrogen and oxygen atoms in total. The quantitative estimate of drug-likeness (QED) is 0.462. The van der Waals surface area contributed by atoms with E-state index in [4.69, 9.17) is 19.5 Å². The van der Waals surface area contributed by atoms with E-state index in [9.17, 15) is 4.79 Å². The summed E-state index contributed by atoms with van der Waals surface area (Å²) in [5, 5.41) is 8.86. The van der Waals surface area contributed by atoms with Gasteiger partial charge in [-0.3, -0.25) is 4.79 Å². The molecule has 30 heavy (non-hydrogen) atoms. The molecule has 3 rings (SSSR count). The Kier molecular flexibility index (Phi) is 7.90. The summed E-state index contributed by atoms with van der Waals surface area (Å²) in [7, 11) is 0. The number of carbonyl (C=O) groups is 1.